The van der Waals surface area contributed by atoms with Crippen molar-refractivity contribution < 1.29 is 5.11 Å². The number of rotatable bonds is 3. The first-order valence-corrected chi connectivity index (χ1v) is 7.22. The third-order valence-electron chi connectivity index (χ3n) is 2.61. The Hall–Kier alpha value is -1.30. The van der Waals surface area contributed by atoms with Crippen molar-refractivity contribution in [2.45, 2.75) is 22.9 Å². The number of benzene rings is 1. The summed E-state index contributed by atoms with van der Waals surface area (Å²) in [5, 5.41) is 9.93. The Morgan fingerprint density at radius 3 is 3.00 bits per heavy atom. The third kappa shape index (κ3) is 2.29. The van der Waals surface area contributed by atoms with Gasteiger partial charge in [-0.2, -0.15) is 0 Å². The molecule has 92 valence electrons. The van der Waals surface area contributed by atoms with Crippen molar-refractivity contribution in [2.75, 3.05) is 0 Å². The van der Waals surface area contributed by atoms with Gasteiger partial charge < -0.3 is 10.1 Å². The second kappa shape index (κ2) is 4.76. The lowest BCUT2D eigenvalue weighted by Crippen LogP contribution is -1.71. The Bertz CT molecular complexity index is 687. The van der Waals surface area contributed by atoms with E-state index in [1.165, 1.54) is 5.56 Å². The molecule has 0 aliphatic carbocycles. The van der Waals surface area contributed by atoms with E-state index in [0.29, 0.717) is 0 Å². The average molecular weight is 276 g/mol. The predicted molar refractivity (Wildman–Crippen MR) is 75.2 cm³/mol. The number of aromatic nitrogens is 2. The Morgan fingerprint density at radius 1 is 1.33 bits per heavy atom. The number of hydrogen-bond acceptors (Lipinski definition) is 4. The maximum absolute atomic E-state index is 9.04. The number of H-pyrrole nitrogens is 1. The molecule has 18 heavy (non-hydrogen) atoms. The van der Waals surface area contributed by atoms with Crippen LogP contribution in [-0.2, 0) is 6.61 Å². The van der Waals surface area contributed by atoms with Gasteiger partial charge in [-0.3, -0.25) is 0 Å². The van der Waals surface area contributed by atoms with Gasteiger partial charge in [0.1, 0.15) is 0 Å². The van der Waals surface area contributed by atoms with E-state index in [9.17, 15) is 0 Å². The van der Waals surface area contributed by atoms with E-state index in [4.69, 9.17) is 5.11 Å². The summed E-state index contributed by atoms with van der Waals surface area (Å²) in [5.74, 6) is 0. The number of aliphatic hydroxyl groups excluding tert-OH is 1. The highest BCUT2D eigenvalue weighted by molar-refractivity contribution is 8.01. The molecule has 0 spiro atoms. The Balaban J connectivity index is 1.90. The Labute approximate surface area is 113 Å². The van der Waals surface area contributed by atoms with Crippen LogP contribution in [-0.4, -0.2) is 15.1 Å². The number of aromatic amines is 1. The highest BCUT2D eigenvalue weighted by Gasteiger charge is 2.06. The first-order valence-electron chi connectivity index (χ1n) is 5.58. The molecule has 0 fully saturated rings. The minimum atomic E-state index is 0.102. The first-order chi connectivity index (χ1) is 8.74. The van der Waals surface area contributed by atoms with Crippen LogP contribution in [0.4, 0.5) is 0 Å². The van der Waals surface area contributed by atoms with Crippen molar-refractivity contribution in [3.63, 3.8) is 0 Å². The van der Waals surface area contributed by atoms with E-state index in [1.54, 1.807) is 23.1 Å². The minimum Gasteiger partial charge on any atom is -0.391 e. The number of aryl methyl sites for hydroxylation is 1. The van der Waals surface area contributed by atoms with Gasteiger partial charge in [0.2, 0.25) is 0 Å². The molecule has 0 radical (unpaired) electrons. The van der Waals surface area contributed by atoms with Crippen LogP contribution in [0.1, 0.15) is 10.4 Å². The van der Waals surface area contributed by atoms with Gasteiger partial charge in [-0.25, -0.2) is 4.98 Å². The van der Waals surface area contributed by atoms with Crippen LogP contribution in [0.3, 0.4) is 0 Å². The topological polar surface area (TPSA) is 48.9 Å². The van der Waals surface area contributed by atoms with Crippen LogP contribution < -0.4 is 0 Å². The largest absolute Gasteiger partial charge is 0.391 e. The quantitative estimate of drug-likeness (QED) is 0.768. The maximum atomic E-state index is 9.04. The van der Waals surface area contributed by atoms with Crippen molar-refractivity contribution >= 4 is 34.1 Å². The lowest BCUT2D eigenvalue weighted by Gasteiger charge is -1.91. The van der Waals surface area contributed by atoms with Crippen LogP contribution in [0.25, 0.3) is 11.0 Å². The number of nitrogens with one attached hydrogen (secondary N) is 1. The number of nitrogens with zero attached hydrogens (tertiary/aromatic N) is 1. The molecule has 2 N–H and O–H groups in total. The second-order valence-electron chi connectivity index (χ2n) is 4.04. The van der Waals surface area contributed by atoms with Crippen LogP contribution >= 0.6 is 23.1 Å². The number of imidazole rings is 1. The van der Waals surface area contributed by atoms with E-state index in [-0.39, 0.29) is 6.61 Å². The third-order valence-corrected chi connectivity index (χ3v) is 4.69. The van der Waals surface area contributed by atoms with E-state index >= 15 is 0 Å². The van der Waals surface area contributed by atoms with Crippen molar-refractivity contribution in [3.8, 4) is 0 Å². The lowest BCUT2D eigenvalue weighted by molar-refractivity contribution is 0.285. The predicted octanol–water partition coefficient (Wildman–Crippen LogP) is 3.58. The zero-order valence-electron chi connectivity index (χ0n) is 9.80. The fourth-order valence-corrected chi connectivity index (χ4v) is 3.69. The van der Waals surface area contributed by atoms with E-state index in [2.05, 4.69) is 29.0 Å². The molecule has 0 aliphatic rings. The van der Waals surface area contributed by atoms with Crippen molar-refractivity contribution in [1.29, 1.82) is 0 Å². The SMILES string of the molecule is Cc1ccc2nc(Sc3ccc(CO)s3)[nH]c2c1. The van der Waals surface area contributed by atoms with Gasteiger partial charge in [-0.05, 0) is 48.5 Å². The van der Waals surface area contributed by atoms with E-state index in [1.807, 2.05) is 18.2 Å². The van der Waals surface area contributed by atoms with Crippen molar-refractivity contribution in [2.24, 2.45) is 0 Å². The van der Waals surface area contributed by atoms with Gasteiger partial charge in [-0.1, -0.05) is 6.07 Å². The van der Waals surface area contributed by atoms with Gasteiger partial charge in [0.05, 0.1) is 21.8 Å². The molecule has 2 aromatic heterocycles. The fraction of sp³-hybridized carbons (Fsp3) is 0.154. The Kier molecular flexibility index (Phi) is 3.11. The molecule has 3 rings (SSSR count). The summed E-state index contributed by atoms with van der Waals surface area (Å²) in [6, 6.07) is 10.1. The molecule has 1 aromatic carbocycles. The molecular weight excluding hydrogens is 264 g/mol. The van der Waals surface area contributed by atoms with E-state index < -0.39 is 0 Å². The first kappa shape index (κ1) is 11.8. The summed E-state index contributed by atoms with van der Waals surface area (Å²) in [6.45, 7) is 2.17. The van der Waals surface area contributed by atoms with Crippen LogP contribution in [0.15, 0.2) is 39.7 Å². The number of fused-ring (bicyclic) bond motifs is 1. The number of hydrogen-bond donors (Lipinski definition) is 2. The van der Waals surface area contributed by atoms with Crippen LogP contribution in [0.5, 0.6) is 0 Å². The molecule has 2 heterocycles. The zero-order valence-corrected chi connectivity index (χ0v) is 11.4. The number of thiophene rings is 1. The fourth-order valence-electron chi connectivity index (χ4n) is 1.74. The Morgan fingerprint density at radius 2 is 2.22 bits per heavy atom. The van der Waals surface area contributed by atoms with Gasteiger partial charge in [0, 0.05) is 4.88 Å². The van der Waals surface area contributed by atoms with Crippen LogP contribution in [0.2, 0.25) is 0 Å². The van der Waals surface area contributed by atoms with Gasteiger partial charge >= 0.3 is 0 Å². The monoisotopic (exact) mass is 276 g/mol. The number of aliphatic hydroxyl groups is 1. The minimum absolute atomic E-state index is 0.102. The molecule has 3 nitrogen and oxygen atoms in total. The molecule has 0 unspecified atom stereocenters. The summed E-state index contributed by atoms with van der Waals surface area (Å²) in [5.41, 5.74) is 3.28. The molecular formula is C13H12N2OS2. The summed E-state index contributed by atoms with van der Waals surface area (Å²) >= 11 is 3.19. The molecule has 0 bridgehead atoms. The van der Waals surface area contributed by atoms with E-state index in [0.717, 1.165) is 25.3 Å². The normalized spacial score (nSPS) is 11.2. The van der Waals surface area contributed by atoms with Crippen LogP contribution in [0, 0.1) is 6.92 Å². The highest BCUT2D eigenvalue weighted by atomic mass is 32.2. The standard InChI is InChI=1S/C13H12N2OS2/c1-8-2-4-10-11(6-8)15-13(14-10)18-12-5-3-9(7-16)17-12/h2-6,16H,7H2,1H3,(H,14,15). The van der Waals surface area contributed by atoms with Gasteiger partial charge in [0.15, 0.2) is 5.16 Å². The van der Waals surface area contributed by atoms with Gasteiger partial charge in [-0.15, -0.1) is 11.3 Å². The maximum Gasteiger partial charge on any atom is 0.172 e. The highest BCUT2D eigenvalue weighted by Crippen LogP contribution is 2.32. The molecule has 0 aliphatic heterocycles. The molecule has 0 amide bonds. The molecule has 3 aromatic rings. The van der Waals surface area contributed by atoms with Crippen molar-refractivity contribution in [1.82, 2.24) is 9.97 Å². The smallest absolute Gasteiger partial charge is 0.172 e. The molecule has 0 saturated carbocycles. The molecule has 5 heteroatoms. The van der Waals surface area contributed by atoms with Crippen molar-refractivity contribution in [3.05, 3.63) is 40.8 Å². The second-order valence-corrected chi connectivity index (χ2v) is 6.50. The summed E-state index contributed by atoms with van der Waals surface area (Å²) in [4.78, 5) is 8.82. The van der Waals surface area contributed by atoms with Gasteiger partial charge in [0.25, 0.3) is 0 Å². The summed E-state index contributed by atoms with van der Waals surface area (Å²) in [6.07, 6.45) is 0. The summed E-state index contributed by atoms with van der Waals surface area (Å²) < 4.78 is 1.13. The molecule has 0 atom stereocenters. The molecule has 0 saturated heterocycles. The zero-order chi connectivity index (χ0) is 12.5. The average Bonchev–Trinajstić information content (AvgIpc) is 2.95. The summed E-state index contributed by atoms with van der Waals surface area (Å²) in [7, 11) is 0. The lowest BCUT2D eigenvalue weighted by atomic mass is 10.2.